The van der Waals surface area contributed by atoms with Gasteiger partial charge in [0.1, 0.15) is 0 Å². The van der Waals surface area contributed by atoms with Gasteiger partial charge in [-0.2, -0.15) is 0 Å². The van der Waals surface area contributed by atoms with Crippen molar-refractivity contribution >= 4 is 41.0 Å². The van der Waals surface area contributed by atoms with Gasteiger partial charge in [0, 0.05) is 29.5 Å². The van der Waals surface area contributed by atoms with Crippen molar-refractivity contribution in [2.75, 3.05) is 17.4 Å². The zero-order chi connectivity index (χ0) is 25.8. The summed E-state index contributed by atoms with van der Waals surface area (Å²) in [6.07, 6.45) is 0.130. The van der Waals surface area contributed by atoms with Crippen LogP contribution in [0, 0.1) is 11.6 Å². The Labute approximate surface area is 211 Å². The van der Waals surface area contributed by atoms with E-state index in [-0.39, 0.29) is 37.0 Å². The maximum absolute atomic E-state index is 13.7. The van der Waals surface area contributed by atoms with Crippen LogP contribution in [-0.2, 0) is 16.2 Å². The van der Waals surface area contributed by atoms with E-state index in [1.165, 1.54) is 28.6 Å². The van der Waals surface area contributed by atoms with E-state index in [1.807, 2.05) is 12.1 Å². The molecule has 0 radical (unpaired) electrons. The lowest BCUT2D eigenvalue weighted by Crippen LogP contribution is -2.53. The number of anilines is 1. The average Bonchev–Trinajstić information content (AvgIpc) is 3.16. The van der Waals surface area contributed by atoms with Crippen LogP contribution in [0.1, 0.15) is 32.8 Å². The first kappa shape index (κ1) is 27.2. The highest BCUT2D eigenvalue weighted by atomic mass is 35.5. The largest absolute Gasteiger partial charge is 0.390 e. The van der Waals surface area contributed by atoms with E-state index in [9.17, 15) is 23.5 Å². The third kappa shape index (κ3) is 7.28. The normalized spacial score (nSPS) is 14.0. The predicted molar refractivity (Wildman–Crippen MR) is 130 cm³/mol. The summed E-state index contributed by atoms with van der Waals surface area (Å²) in [4.78, 5) is 32.1. The molecule has 35 heavy (non-hydrogen) atoms. The first-order valence-corrected chi connectivity index (χ1v) is 12.1. The SMILES string of the molecule is CC(=O)N(NCc1ccccc1Cl)[C@H](CONC(=O)N1CSc2cc(F)c(F)cc21)CC(C)(C)O. The number of aliphatic hydroxyl groups is 1. The number of hydrogen-bond donors (Lipinski definition) is 3. The standard InChI is InChI=1S/C23H27ClF2N4O4S/c1-14(31)30(27-11-15-6-4-5-7-17(15)24)16(10-23(2,3)33)12-34-28-22(32)29-13-35-21-9-19(26)18(25)8-20(21)29/h4-9,16,27,33H,10-13H2,1-3H3,(H,28,32)/t16-/m0/s1. The summed E-state index contributed by atoms with van der Waals surface area (Å²) in [5.41, 5.74) is 5.15. The Balaban J connectivity index is 1.65. The van der Waals surface area contributed by atoms with Crippen molar-refractivity contribution in [2.24, 2.45) is 0 Å². The van der Waals surface area contributed by atoms with Crippen molar-refractivity contribution in [3.8, 4) is 0 Å². The summed E-state index contributed by atoms with van der Waals surface area (Å²) in [6, 6.07) is 7.82. The van der Waals surface area contributed by atoms with Crippen LogP contribution in [0.25, 0.3) is 0 Å². The van der Waals surface area contributed by atoms with Crippen molar-refractivity contribution < 1.29 is 28.3 Å². The Morgan fingerprint density at radius 3 is 2.63 bits per heavy atom. The summed E-state index contributed by atoms with van der Waals surface area (Å²) in [7, 11) is 0. The fourth-order valence-corrected chi connectivity index (χ4v) is 4.81. The van der Waals surface area contributed by atoms with Gasteiger partial charge < -0.3 is 5.11 Å². The Morgan fingerprint density at radius 1 is 1.29 bits per heavy atom. The smallest absolute Gasteiger partial charge is 0.346 e. The molecule has 3 rings (SSSR count). The van der Waals surface area contributed by atoms with E-state index < -0.39 is 29.3 Å². The molecule has 0 aliphatic carbocycles. The van der Waals surface area contributed by atoms with Crippen LogP contribution in [0.5, 0.6) is 0 Å². The van der Waals surface area contributed by atoms with E-state index >= 15 is 0 Å². The van der Waals surface area contributed by atoms with Crippen molar-refractivity contribution in [3.63, 3.8) is 0 Å². The summed E-state index contributed by atoms with van der Waals surface area (Å²) >= 11 is 7.39. The van der Waals surface area contributed by atoms with Crippen LogP contribution in [0.3, 0.4) is 0 Å². The van der Waals surface area contributed by atoms with Crippen molar-refractivity contribution in [3.05, 3.63) is 58.6 Å². The number of nitrogens with one attached hydrogen (secondary N) is 2. The van der Waals surface area contributed by atoms with Gasteiger partial charge in [-0.05, 0) is 38.0 Å². The molecule has 0 saturated heterocycles. The number of hydrogen-bond acceptors (Lipinski definition) is 6. The molecule has 3 amide bonds. The number of hydrazine groups is 1. The number of benzene rings is 2. The van der Waals surface area contributed by atoms with Gasteiger partial charge in [0.05, 0.1) is 29.8 Å². The molecular formula is C23H27ClF2N4O4S. The minimum absolute atomic E-state index is 0.130. The van der Waals surface area contributed by atoms with Crippen LogP contribution in [0.2, 0.25) is 5.02 Å². The van der Waals surface area contributed by atoms with Gasteiger partial charge in [0.15, 0.2) is 11.6 Å². The number of fused-ring (bicyclic) bond motifs is 1. The lowest BCUT2D eigenvalue weighted by Gasteiger charge is -2.34. The number of carbonyl (C=O) groups is 2. The Hall–Kier alpha value is -2.44. The molecule has 0 aromatic heterocycles. The number of hydroxylamine groups is 1. The number of urea groups is 1. The van der Waals surface area contributed by atoms with E-state index in [2.05, 4.69) is 10.9 Å². The highest BCUT2D eigenvalue weighted by molar-refractivity contribution is 8.00. The molecule has 0 bridgehead atoms. The van der Waals surface area contributed by atoms with Gasteiger partial charge in [-0.3, -0.25) is 19.5 Å². The van der Waals surface area contributed by atoms with Crippen molar-refractivity contribution in [1.29, 1.82) is 0 Å². The van der Waals surface area contributed by atoms with Crippen LogP contribution >= 0.6 is 23.4 Å². The summed E-state index contributed by atoms with van der Waals surface area (Å²) in [5, 5.41) is 12.2. The van der Waals surface area contributed by atoms with Crippen LogP contribution in [0.4, 0.5) is 19.3 Å². The van der Waals surface area contributed by atoms with Crippen molar-refractivity contribution in [1.82, 2.24) is 15.9 Å². The molecule has 3 N–H and O–H groups in total. The molecule has 12 heteroatoms. The fourth-order valence-electron chi connectivity index (χ4n) is 3.58. The van der Waals surface area contributed by atoms with Crippen LogP contribution in [0.15, 0.2) is 41.3 Å². The third-order valence-corrected chi connectivity index (χ3v) is 6.55. The van der Waals surface area contributed by atoms with Crippen LogP contribution in [-0.4, -0.2) is 46.2 Å². The van der Waals surface area contributed by atoms with Gasteiger partial charge in [0.25, 0.3) is 0 Å². The molecule has 2 aromatic carbocycles. The molecule has 190 valence electrons. The molecule has 1 aliphatic heterocycles. The van der Waals surface area contributed by atoms with E-state index in [1.54, 1.807) is 26.0 Å². The summed E-state index contributed by atoms with van der Waals surface area (Å²) in [5.74, 6) is -2.22. The average molecular weight is 529 g/mol. The van der Waals surface area contributed by atoms with Gasteiger partial charge in [-0.25, -0.2) is 24.5 Å². The summed E-state index contributed by atoms with van der Waals surface area (Å²) < 4.78 is 27.1. The molecule has 0 fully saturated rings. The highest BCUT2D eigenvalue weighted by Gasteiger charge is 2.30. The molecule has 0 spiro atoms. The monoisotopic (exact) mass is 528 g/mol. The molecule has 1 atom stereocenters. The van der Waals surface area contributed by atoms with Gasteiger partial charge in [-0.1, -0.05) is 29.8 Å². The topological polar surface area (TPSA) is 94.1 Å². The van der Waals surface area contributed by atoms with Crippen molar-refractivity contribution in [2.45, 2.75) is 50.3 Å². The zero-order valence-corrected chi connectivity index (χ0v) is 21.1. The second-order valence-electron chi connectivity index (χ2n) is 8.64. The summed E-state index contributed by atoms with van der Waals surface area (Å²) in [6.45, 7) is 4.64. The maximum atomic E-state index is 13.7. The first-order chi connectivity index (χ1) is 16.5. The number of rotatable bonds is 9. The number of thioether (sulfide) groups is 1. The second-order valence-corrected chi connectivity index (χ2v) is 10.0. The molecule has 1 aliphatic rings. The molecule has 8 nitrogen and oxygen atoms in total. The van der Waals surface area contributed by atoms with E-state index in [0.29, 0.717) is 9.92 Å². The fraction of sp³-hybridized carbons (Fsp3) is 0.391. The number of amides is 3. The predicted octanol–water partition coefficient (Wildman–Crippen LogP) is 4.21. The van der Waals surface area contributed by atoms with Gasteiger partial charge in [-0.15, -0.1) is 11.8 Å². The first-order valence-electron chi connectivity index (χ1n) is 10.8. The maximum Gasteiger partial charge on any atom is 0.346 e. The molecule has 1 heterocycles. The second kappa shape index (κ2) is 11.5. The van der Waals surface area contributed by atoms with E-state index in [0.717, 1.165) is 17.7 Å². The highest BCUT2D eigenvalue weighted by Crippen LogP contribution is 2.39. The Bertz CT molecular complexity index is 1090. The lowest BCUT2D eigenvalue weighted by molar-refractivity contribution is -0.139. The minimum Gasteiger partial charge on any atom is -0.390 e. The Morgan fingerprint density at radius 2 is 1.97 bits per heavy atom. The Kier molecular flexibility index (Phi) is 8.94. The third-order valence-electron chi connectivity index (χ3n) is 5.16. The zero-order valence-electron chi connectivity index (χ0n) is 19.5. The quantitative estimate of drug-likeness (QED) is 0.422. The number of nitrogens with zero attached hydrogens (tertiary/aromatic N) is 2. The molecule has 0 unspecified atom stereocenters. The molecular weight excluding hydrogens is 502 g/mol. The van der Waals surface area contributed by atoms with Crippen LogP contribution < -0.4 is 15.8 Å². The van der Waals surface area contributed by atoms with Gasteiger partial charge in [0.2, 0.25) is 5.91 Å². The number of halogens is 3. The number of carbonyl (C=O) groups excluding carboxylic acids is 2. The van der Waals surface area contributed by atoms with Gasteiger partial charge >= 0.3 is 6.03 Å². The minimum atomic E-state index is -1.15. The molecule has 0 saturated carbocycles. The van der Waals surface area contributed by atoms with E-state index in [4.69, 9.17) is 16.4 Å². The molecule has 2 aromatic rings. The lowest BCUT2D eigenvalue weighted by atomic mass is 9.99.